The number of phenolic OH excluding ortho intramolecular Hbond substituents is 1. The highest BCUT2D eigenvalue weighted by Crippen LogP contribution is 2.53. The minimum absolute atomic E-state index is 0.102. The number of ketones is 2. The lowest BCUT2D eigenvalue weighted by atomic mass is 9.59. The summed E-state index contributed by atoms with van der Waals surface area (Å²) in [5.74, 6) is -6.26. The highest BCUT2D eigenvalue weighted by atomic mass is 32.1. The molecule has 5 rings (SSSR count). The number of carbonyl (C=O) groups excluding carboxylic acids is 3. The fraction of sp³-hybridized carbons (Fsp3) is 0.292. The summed E-state index contributed by atoms with van der Waals surface area (Å²) in [6, 6.07) is 7.11. The number of thiophene rings is 1. The Hall–Kier alpha value is -3.43. The molecule has 0 saturated heterocycles. The molecule has 33 heavy (non-hydrogen) atoms. The van der Waals surface area contributed by atoms with Gasteiger partial charge < -0.3 is 26.2 Å². The number of aryl methyl sites for hydroxylation is 1. The van der Waals surface area contributed by atoms with Gasteiger partial charge in [-0.3, -0.25) is 14.4 Å². The summed E-state index contributed by atoms with van der Waals surface area (Å²) in [6.07, 6.45) is 0.0650. The maximum Gasteiger partial charge on any atom is 0.255 e. The number of hydrogen-bond acceptors (Lipinski definition) is 8. The van der Waals surface area contributed by atoms with Crippen LogP contribution in [0, 0.1) is 18.8 Å². The Kier molecular flexibility index (Phi) is 4.56. The second kappa shape index (κ2) is 7.03. The number of fused-ring (bicyclic) bond motifs is 3. The molecule has 3 aliphatic carbocycles. The van der Waals surface area contributed by atoms with Crippen LogP contribution < -0.4 is 5.73 Å². The zero-order valence-corrected chi connectivity index (χ0v) is 18.4. The fourth-order valence-electron chi connectivity index (χ4n) is 5.43. The van der Waals surface area contributed by atoms with Crippen molar-refractivity contribution in [3.8, 4) is 16.2 Å². The van der Waals surface area contributed by atoms with E-state index in [1.165, 1.54) is 6.07 Å². The molecule has 3 unspecified atom stereocenters. The van der Waals surface area contributed by atoms with E-state index in [2.05, 4.69) is 0 Å². The van der Waals surface area contributed by atoms with Gasteiger partial charge in [-0.05, 0) is 61.1 Å². The molecular weight excluding hydrogens is 446 g/mol. The Morgan fingerprint density at radius 1 is 1.12 bits per heavy atom. The van der Waals surface area contributed by atoms with E-state index >= 15 is 0 Å². The first-order valence-electron chi connectivity index (χ1n) is 10.4. The Morgan fingerprint density at radius 2 is 1.85 bits per heavy atom. The number of nitrogens with two attached hydrogens (primary N) is 1. The third-order valence-electron chi connectivity index (χ3n) is 6.95. The average Bonchev–Trinajstić information content (AvgIpc) is 3.16. The highest BCUT2D eigenvalue weighted by Gasteiger charge is 2.60. The smallest absolute Gasteiger partial charge is 0.255 e. The number of phenols is 1. The van der Waals surface area contributed by atoms with Gasteiger partial charge in [0.25, 0.3) is 5.91 Å². The summed E-state index contributed by atoms with van der Waals surface area (Å²) in [5.41, 5.74) is 3.30. The number of hydrogen-bond donors (Lipinski definition) is 5. The lowest BCUT2D eigenvalue weighted by Gasteiger charge is -2.46. The molecule has 0 spiro atoms. The lowest BCUT2D eigenvalue weighted by Crippen LogP contribution is -2.58. The van der Waals surface area contributed by atoms with E-state index in [1.807, 2.05) is 19.1 Å². The predicted octanol–water partition coefficient (Wildman–Crippen LogP) is 2.46. The molecule has 0 radical (unpaired) electrons. The number of primary amides is 1. The number of amides is 1. The van der Waals surface area contributed by atoms with Gasteiger partial charge in [0.15, 0.2) is 11.4 Å². The minimum Gasteiger partial charge on any atom is -0.508 e. The largest absolute Gasteiger partial charge is 0.508 e. The summed E-state index contributed by atoms with van der Waals surface area (Å²) in [4.78, 5) is 39.6. The minimum atomic E-state index is -2.55. The van der Waals surface area contributed by atoms with Gasteiger partial charge in [0.1, 0.15) is 22.8 Å². The monoisotopic (exact) mass is 467 g/mol. The van der Waals surface area contributed by atoms with Crippen molar-refractivity contribution >= 4 is 34.6 Å². The van der Waals surface area contributed by atoms with Gasteiger partial charge >= 0.3 is 0 Å². The van der Waals surface area contributed by atoms with Crippen molar-refractivity contribution in [1.29, 1.82) is 0 Å². The van der Waals surface area contributed by atoms with Crippen LogP contribution in [-0.4, -0.2) is 43.5 Å². The van der Waals surface area contributed by atoms with E-state index in [-0.39, 0.29) is 36.1 Å². The Bertz CT molecular complexity index is 1330. The van der Waals surface area contributed by atoms with E-state index in [0.717, 1.165) is 15.3 Å². The number of Topliss-reactive ketones (excluding diaryl/α,β-unsaturated/α-hetero) is 2. The molecule has 1 amide bonds. The van der Waals surface area contributed by atoms with E-state index in [1.54, 1.807) is 17.4 Å². The zero-order valence-electron chi connectivity index (χ0n) is 17.6. The summed E-state index contributed by atoms with van der Waals surface area (Å²) >= 11 is 1.56. The zero-order chi connectivity index (χ0) is 23.8. The molecule has 8 nitrogen and oxygen atoms in total. The molecule has 0 bridgehead atoms. The van der Waals surface area contributed by atoms with Crippen molar-refractivity contribution in [2.45, 2.75) is 31.8 Å². The van der Waals surface area contributed by atoms with Crippen molar-refractivity contribution in [3.63, 3.8) is 0 Å². The number of rotatable bonds is 2. The van der Waals surface area contributed by atoms with Crippen LogP contribution in [0.3, 0.4) is 0 Å². The van der Waals surface area contributed by atoms with Gasteiger partial charge in [0.05, 0.1) is 5.56 Å². The second-order valence-corrected chi connectivity index (χ2v) is 10.1. The van der Waals surface area contributed by atoms with E-state index < -0.39 is 52.0 Å². The van der Waals surface area contributed by atoms with Gasteiger partial charge in [-0.1, -0.05) is 0 Å². The molecule has 1 aromatic heterocycles. The normalized spacial score (nSPS) is 26.7. The third-order valence-corrected chi connectivity index (χ3v) is 7.99. The van der Waals surface area contributed by atoms with E-state index in [0.29, 0.717) is 5.56 Å². The quantitative estimate of drug-likeness (QED) is 0.424. The third kappa shape index (κ3) is 2.82. The Labute approximate surface area is 192 Å². The van der Waals surface area contributed by atoms with Crippen molar-refractivity contribution < 1.29 is 34.8 Å². The molecule has 3 aliphatic rings. The Morgan fingerprint density at radius 3 is 2.48 bits per heavy atom. The number of aliphatic hydroxyl groups excluding tert-OH is 2. The van der Waals surface area contributed by atoms with Gasteiger partial charge in [-0.2, -0.15) is 0 Å². The number of aliphatic hydroxyl groups is 3. The van der Waals surface area contributed by atoms with Crippen LogP contribution in [0.2, 0.25) is 0 Å². The summed E-state index contributed by atoms with van der Waals surface area (Å²) in [7, 11) is 0. The second-order valence-electron chi connectivity index (χ2n) is 8.80. The molecular formula is C24H21NO7S. The van der Waals surface area contributed by atoms with Crippen LogP contribution in [0.4, 0.5) is 0 Å². The number of benzene rings is 1. The van der Waals surface area contributed by atoms with Gasteiger partial charge in [0, 0.05) is 27.7 Å². The first kappa shape index (κ1) is 21.4. The fourth-order valence-corrected chi connectivity index (χ4v) is 6.35. The van der Waals surface area contributed by atoms with Gasteiger partial charge in [0.2, 0.25) is 5.78 Å². The lowest BCUT2D eigenvalue weighted by molar-refractivity contribution is -0.147. The summed E-state index contributed by atoms with van der Waals surface area (Å²) < 4.78 is 0. The van der Waals surface area contributed by atoms with Crippen LogP contribution in [-0.2, 0) is 20.8 Å². The van der Waals surface area contributed by atoms with Gasteiger partial charge in [-0.25, -0.2) is 0 Å². The molecule has 1 fully saturated rings. The number of carbonyl (C=O) groups is 3. The van der Waals surface area contributed by atoms with Crippen LogP contribution in [0.5, 0.6) is 5.75 Å². The highest BCUT2D eigenvalue weighted by molar-refractivity contribution is 7.15. The van der Waals surface area contributed by atoms with E-state index in [9.17, 15) is 34.8 Å². The predicted molar refractivity (Wildman–Crippen MR) is 119 cm³/mol. The molecule has 9 heteroatoms. The summed E-state index contributed by atoms with van der Waals surface area (Å²) in [6.45, 7) is 1.97. The first-order chi connectivity index (χ1) is 15.6. The van der Waals surface area contributed by atoms with Gasteiger partial charge in [-0.15, -0.1) is 11.3 Å². The standard InChI is InChI=1S/C24H21NO7S/c1-9-2-5-16(33-9)12-3-4-14(26)18-13(12)7-10-6-11-8-15(27)19(23(25)31)22(30)24(11,32)21(29)17(10)20(18)28/h2-5,10-11,26,28,30,32H,6-8H2,1H3,(H2,25,31). The van der Waals surface area contributed by atoms with Crippen molar-refractivity contribution in [2.75, 3.05) is 0 Å². The van der Waals surface area contributed by atoms with Crippen LogP contribution in [0.15, 0.2) is 41.2 Å². The van der Waals surface area contributed by atoms with Crippen LogP contribution in [0.25, 0.3) is 16.2 Å². The molecule has 170 valence electrons. The summed E-state index contributed by atoms with van der Waals surface area (Å²) in [5, 5.41) is 43.5. The van der Waals surface area contributed by atoms with Crippen molar-refractivity contribution in [2.24, 2.45) is 17.6 Å². The average molecular weight is 467 g/mol. The van der Waals surface area contributed by atoms with Crippen LogP contribution >= 0.6 is 11.3 Å². The van der Waals surface area contributed by atoms with Crippen molar-refractivity contribution in [1.82, 2.24) is 0 Å². The first-order valence-corrected chi connectivity index (χ1v) is 11.3. The molecule has 6 N–H and O–H groups in total. The Balaban J connectivity index is 1.71. The van der Waals surface area contributed by atoms with Crippen LogP contribution in [0.1, 0.15) is 28.8 Å². The molecule has 1 aromatic carbocycles. The maximum atomic E-state index is 13.5. The molecule has 1 saturated carbocycles. The van der Waals surface area contributed by atoms with Crippen molar-refractivity contribution in [3.05, 3.63) is 57.2 Å². The molecule has 3 atom stereocenters. The molecule has 1 heterocycles. The molecule has 0 aliphatic heterocycles. The SMILES string of the molecule is Cc1ccc(-c2ccc(O)c3c2CC2CC4CC(=O)C(C(N)=O)=C(O)C4(O)C(=O)C2=C3O)s1. The molecule has 2 aromatic rings. The maximum absolute atomic E-state index is 13.5. The number of aromatic hydroxyl groups is 1. The topological polar surface area (TPSA) is 158 Å². The van der Waals surface area contributed by atoms with E-state index in [4.69, 9.17) is 5.73 Å².